The van der Waals surface area contributed by atoms with Crippen LogP contribution in [0.3, 0.4) is 0 Å². The Morgan fingerprint density at radius 2 is 2.29 bits per heavy atom. The van der Waals surface area contributed by atoms with Gasteiger partial charge in [0.25, 0.3) is 0 Å². The average Bonchev–Trinajstić information content (AvgIpc) is 2.46. The van der Waals surface area contributed by atoms with Crippen molar-refractivity contribution in [2.75, 3.05) is 0 Å². The fraction of sp³-hybridized carbons (Fsp3) is 0.375. The molecular formula is C8H7BrF2O2S. The molecule has 1 unspecified atom stereocenters. The zero-order valence-corrected chi connectivity index (χ0v) is 9.32. The number of alkyl halides is 2. The van der Waals surface area contributed by atoms with E-state index in [4.69, 9.17) is 5.11 Å². The zero-order chi connectivity index (χ0) is 10.7. The number of hydrogen-bond donors (Lipinski definition) is 1. The van der Waals surface area contributed by atoms with Crippen LogP contribution in [-0.4, -0.2) is 17.5 Å². The van der Waals surface area contributed by atoms with E-state index in [-0.39, 0.29) is 0 Å². The lowest BCUT2D eigenvalue weighted by atomic mass is 10.0. The summed E-state index contributed by atoms with van der Waals surface area (Å²) >= 11 is 4.27. The van der Waals surface area contributed by atoms with Gasteiger partial charge in [0.05, 0.1) is 12.3 Å². The van der Waals surface area contributed by atoms with Crippen molar-refractivity contribution in [3.8, 4) is 0 Å². The molecule has 0 spiro atoms. The van der Waals surface area contributed by atoms with Gasteiger partial charge in [0.1, 0.15) is 0 Å². The molecular weight excluding hydrogens is 278 g/mol. The Bertz CT molecular complexity index is 327. The molecule has 0 saturated carbocycles. The van der Waals surface area contributed by atoms with Crippen molar-refractivity contribution < 1.29 is 18.7 Å². The van der Waals surface area contributed by atoms with Crippen LogP contribution in [0.2, 0.25) is 0 Å². The van der Waals surface area contributed by atoms with Crippen LogP contribution in [0.5, 0.6) is 0 Å². The summed E-state index contributed by atoms with van der Waals surface area (Å²) in [6.45, 7) is 0. The summed E-state index contributed by atoms with van der Waals surface area (Å²) in [4.78, 5) is 10.8. The molecule has 0 bridgehead atoms. The van der Waals surface area contributed by atoms with E-state index >= 15 is 0 Å². The molecule has 0 amide bonds. The van der Waals surface area contributed by atoms with E-state index in [0.29, 0.717) is 9.35 Å². The van der Waals surface area contributed by atoms with E-state index in [9.17, 15) is 13.6 Å². The van der Waals surface area contributed by atoms with Gasteiger partial charge in [-0.15, -0.1) is 11.3 Å². The number of carbonyl (C=O) groups is 1. The SMILES string of the molecule is O=C(O)CC(c1cc(Br)cs1)C(F)F. The van der Waals surface area contributed by atoms with E-state index in [0.717, 1.165) is 11.3 Å². The van der Waals surface area contributed by atoms with Gasteiger partial charge in [-0.25, -0.2) is 8.78 Å². The number of carboxylic acids is 1. The summed E-state index contributed by atoms with van der Waals surface area (Å²) in [5.74, 6) is -2.41. The molecule has 0 saturated heterocycles. The Hall–Kier alpha value is -0.490. The molecule has 0 aliphatic heterocycles. The molecule has 0 aliphatic rings. The first-order valence-corrected chi connectivity index (χ1v) is 5.42. The van der Waals surface area contributed by atoms with Crippen molar-refractivity contribution in [3.05, 3.63) is 20.8 Å². The van der Waals surface area contributed by atoms with E-state index < -0.39 is 24.7 Å². The summed E-state index contributed by atoms with van der Waals surface area (Å²) < 4.78 is 25.7. The van der Waals surface area contributed by atoms with Crippen LogP contribution >= 0.6 is 27.3 Å². The highest BCUT2D eigenvalue weighted by atomic mass is 79.9. The number of carboxylic acid groups (broad SMARTS) is 1. The monoisotopic (exact) mass is 284 g/mol. The smallest absolute Gasteiger partial charge is 0.304 e. The number of hydrogen-bond acceptors (Lipinski definition) is 2. The van der Waals surface area contributed by atoms with Crippen LogP contribution in [0.4, 0.5) is 8.78 Å². The lowest BCUT2D eigenvalue weighted by Gasteiger charge is -2.10. The molecule has 0 aliphatic carbocycles. The second kappa shape index (κ2) is 4.84. The summed E-state index contributed by atoms with van der Waals surface area (Å²) in [5, 5.41) is 10.1. The van der Waals surface area contributed by atoms with Gasteiger partial charge in [0, 0.05) is 14.7 Å². The Balaban J connectivity index is 2.82. The molecule has 14 heavy (non-hydrogen) atoms. The lowest BCUT2D eigenvalue weighted by Crippen LogP contribution is -2.12. The number of rotatable bonds is 4. The van der Waals surface area contributed by atoms with Gasteiger partial charge in [-0.1, -0.05) is 0 Å². The largest absolute Gasteiger partial charge is 0.481 e. The standard InChI is InChI=1S/C8H7BrF2O2S/c9-4-1-6(14-3-4)5(8(10)11)2-7(12)13/h1,3,5,8H,2H2,(H,12,13). The molecule has 0 aromatic carbocycles. The van der Waals surface area contributed by atoms with E-state index in [1.165, 1.54) is 6.07 Å². The van der Waals surface area contributed by atoms with Crippen molar-refractivity contribution >= 4 is 33.2 Å². The summed E-state index contributed by atoms with van der Waals surface area (Å²) in [6.07, 6.45) is -3.18. The fourth-order valence-corrected chi connectivity index (χ4v) is 2.58. The van der Waals surface area contributed by atoms with E-state index in [2.05, 4.69) is 15.9 Å². The summed E-state index contributed by atoms with van der Waals surface area (Å²) in [7, 11) is 0. The zero-order valence-electron chi connectivity index (χ0n) is 6.91. The number of halogens is 3. The highest BCUT2D eigenvalue weighted by molar-refractivity contribution is 9.10. The maximum atomic E-state index is 12.5. The molecule has 2 nitrogen and oxygen atoms in total. The third-order valence-electron chi connectivity index (χ3n) is 1.65. The molecule has 0 radical (unpaired) electrons. The average molecular weight is 285 g/mol. The van der Waals surface area contributed by atoms with Crippen LogP contribution in [0.25, 0.3) is 0 Å². The Labute approximate surface area is 91.7 Å². The Morgan fingerprint density at radius 1 is 1.64 bits per heavy atom. The van der Waals surface area contributed by atoms with Crippen LogP contribution in [0, 0.1) is 0 Å². The van der Waals surface area contributed by atoms with Gasteiger partial charge in [0.15, 0.2) is 0 Å². The van der Waals surface area contributed by atoms with Crippen LogP contribution in [-0.2, 0) is 4.79 Å². The fourth-order valence-electron chi connectivity index (χ4n) is 1.02. The third kappa shape index (κ3) is 3.02. The molecule has 1 atom stereocenters. The quantitative estimate of drug-likeness (QED) is 0.921. The topological polar surface area (TPSA) is 37.3 Å². The van der Waals surface area contributed by atoms with Crippen molar-refractivity contribution in [2.24, 2.45) is 0 Å². The van der Waals surface area contributed by atoms with Gasteiger partial charge in [-0.3, -0.25) is 4.79 Å². The highest BCUT2D eigenvalue weighted by Gasteiger charge is 2.26. The molecule has 78 valence electrons. The second-order valence-corrected chi connectivity index (χ2v) is 4.56. The van der Waals surface area contributed by atoms with E-state index in [1.807, 2.05) is 0 Å². The molecule has 1 N–H and O–H groups in total. The molecule has 1 aromatic heterocycles. The first-order valence-electron chi connectivity index (χ1n) is 3.74. The van der Waals surface area contributed by atoms with Crippen molar-refractivity contribution in [3.63, 3.8) is 0 Å². The molecule has 1 rings (SSSR count). The van der Waals surface area contributed by atoms with Crippen molar-refractivity contribution in [1.82, 2.24) is 0 Å². The third-order valence-corrected chi connectivity index (χ3v) is 3.48. The predicted molar refractivity (Wildman–Crippen MR) is 53.0 cm³/mol. The Kier molecular flexibility index (Phi) is 4.00. The molecule has 6 heteroatoms. The van der Waals surface area contributed by atoms with Gasteiger partial charge in [0.2, 0.25) is 6.43 Å². The van der Waals surface area contributed by atoms with E-state index in [1.54, 1.807) is 5.38 Å². The molecule has 0 fully saturated rings. The minimum atomic E-state index is -2.64. The van der Waals surface area contributed by atoms with Crippen molar-refractivity contribution in [2.45, 2.75) is 18.8 Å². The van der Waals surface area contributed by atoms with Crippen LogP contribution in [0.1, 0.15) is 17.2 Å². The minimum absolute atomic E-state index is 0.397. The van der Waals surface area contributed by atoms with Crippen LogP contribution in [0.15, 0.2) is 15.9 Å². The maximum Gasteiger partial charge on any atom is 0.304 e. The summed E-state index contributed by atoms with van der Waals surface area (Å²) in [6, 6.07) is 1.53. The van der Waals surface area contributed by atoms with Gasteiger partial charge in [-0.05, 0) is 22.0 Å². The first kappa shape index (κ1) is 11.6. The second-order valence-electron chi connectivity index (χ2n) is 2.71. The minimum Gasteiger partial charge on any atom is -0.481 e. The molecule has 1 aromatic rings. The number of thiophene rings is 1. The van der Waals surface area contributed by atoms with Gasteiger partial charge in [-0.2, -0.15) is 0 Å². The Morgan fingerprint density at radius 3 is 2.64 bits per heavy atom. The first-order chi connectivity index (χ1) is 6.50. The molecule has 1 heterocycles. The normalized spacial score (nSPS) is 13.1. The highest BCUT2D eigenvalue weighted by Crippen LogP contribution is 2.33. The lowest BCUT2D eigenvalue weighted by molar-refractivity contribution is -0.138. The van der Waals surface area contributed by atoms with Gasteiger partial charge >= 0.3 is 5.97 Å². The number of aliphatic carboxylic acids is 1. The maximum absolute atomic E-state index is 12.5. The van der Waals surface area contributed by atoms with Crippen molar-refractivity contribution in [1.29, 1.82) is 0 Å². The van der Waals surface area contributed by atoms with Crippen LogP contribution < -0.4 is 0 Å². The summed E-state index contributed by atoms with van der Waals surface area (Å²) in [5.41, 5.74) is 0. The predicted octanol–water partition coefficient (Wildman–Crippen LogP) is 3.33. The van der Waals surface area contributed by atoms with Gasteiger partial charge < -0.3 is 5.11 Å².